The molecule has 0 bridgehead atoms. The minimum Gasteiger partial charge on any atom is -0.456 e. The van der Waals surface area contributed by atoms with Crippen LogP contribution < -0.4 is 0 Å². The van der Waals surface area contributed by atoms with E-state index in [0.717, 1.165) is 82.8 Å². The van der Waals surface area contributed by atoms with E-state index < -0.39 is 0 Å². The van der Waals surface area contributed by atoms with Crippen LogP contribution in [0, 0.1) is 0 Å². The van der Waals surface area contributed by atoms with E-state index in [2.05, 4.69) is 91.0 Å². The van der Waals surface area contributed by atoms with Crippen molar-refractivity contribution in [3.63, 3.8) is 0 Å². The maximum atomic E-state index is 6.21. The summed E-state index contributed by atoms with van der Waals surface area (Å²) >= 11 is 0. The van der Waals surface area contributed by atoms with Gasteiger partial charge in [-0.2, -0.15) is 0 Å². The molecule has 0 aliphatic carbocycles. The van der Waals surface area contributed by atoms with Crippen LogP contribution in [0.15, 0.2) is 173 Å². The fourth-order valence-corrected chi connectivity index (χ4v) is 6.93. The standard InChI is InChI=1S/C45H27N3O2/c1-2-11-28(12-3-1)43-46-44(48-45(47-43)33-23-24-36-35-17-4-6-20-38(35)50-41(36)27-33)32-16-9-14-30(26-32)29-13-8-15-31(25-29)34-19-10-22-40-42(34)37-18-5-7-21-39(37)49-40/h1-27H. The molecule has 0 saturated heterocycles. The molecule has 10 aromatic rings. The average molecular weight is 642 g/mol. The zero-order valence-corrected chi connectivity index (χ0v) is 26.7. The summed E-state index contributed by atoms with van der Waals surface area (Å²) in [4.78, 5) is 15.0. The summed E-state index contributed by atoms with van der Waals surface area (Å²) in [5.41, 5.74) is 10.6. The van der Waals surface area contributed by atoms with Gasteiger partial charge in [0.15, 0.2) is 17.5 Å². The van der Waals surface area contributed by atoms with Gasteiger partial charge in [0.05, 0.1) is 0 Å². The first-order valence-electron chi connectivity index (χ1n) is 16.6. The third kappa shape index (κ3) is 4.75. The van der Waals surface area contributed by atoms with E-state index >= 15 is 0 Å². The summed E-state index contributed by atoms with van der Waals surface area (Å²) in [5, 5.41) is 4.39. The number of fused-ring (bicyclic) bond motifs is 6. The zero-order valence-electron chi connectivity index (χ0n) is 26.7. The van der Waals surface area contributed by atoms with Crippen LogP contribution in [0.2, 0.25) is 0 Å². The number of nitrogens with zero attached hydrogens (tertiary/aromatic N) is 3. The van der Waals surface area contributed by atoms with Crippen LogP contribution in [0.1, 0.15) is 0 Å². The number of benzene rings is 7. The minimum atomic E-state index is 0.587. The lowest BCUT2D eigenvalue weighted by molar-refractivity contribution is 0.668. The summed E-state index contributed by atoms with van der Waals surface area (Å²) in [6.45, 7) is 0. The predicted molar refractivity (Wildman–Crippen MR) is 202 cm³/mol. The van der Waals surface area contributed by atoms with E-state index in [1.807, 2.05) is 72.8 Å². The predicted octanol–water partition coefficient (Wildman–Crippen LogP) is 12.0. The lowest BCUT2D eigenvalue weighted by Crippen LogP contribution is -2.00. The molecule has 50 heavy (non-hydrogen) atoms. The number of hydrogen-bond acceptors (Lipinski definition) is 5. The Balaban J connectivity index is 1.08. The molecule has 5 heteroatoms. The highest BCUT2D eigenvalue weighted by Gasteiger charge is 2.16. The third-order valence-corrected chi connectivity index (χ3v) is 9.33. The molecule has 10 rings (SSSR count). The van der Waals surface area contributed by atoms with Crippen molar-refractivity contribution in [3.05, 3.63) is 164 Å². The first-order valence-corrected chi connectivity index (χ1v) is 16.6. The van der Waals surface area contributed by atoms with Crippen molar-refractivity contribution in [1.29, 1.82) is 0 Å². The molecule has 0 unspecified atom stereocenters. The lowest BCUT2D eigenvalue weighted by Gasteiger charge is -2.11. The molecule has 0 aliphatic heterocycles. The average Bonchev–Trinajstić information content (AvgIpc) is 3.76. The van der Waals surface area contributed by atoms with Gasteiger partial charge >= 0.3 is 0 Å². The fraction of sp³-hybridized carbons (Fsp3) is 0. The summed E-state index contributed by atoms with van der Waals surface area (Å²) in [5.74, 6) is 1.80. The van der Waals surface area contributed by atoms with Gasteiger partial charge < -0.3 is 8.83 Å². The molecule has 0 saturated carbocycles. The molecule has 7 aromatic carbocycles. The molecule has 0 fully saturated rings. The van der Waals surface area contributed by atoms with E-state index in [0.29, 0.717) is 17.5 Å². The van der Waals surface area contributed by atoms with E-state index in [9.17, 15) is 0 Å². The Kier molecular flexibility index (Phi) is 6.42. The van der Waals surface area contributed by atoms with Crippen LogP contribution in [-0.2, 0) is 0 Å². The second kappa shape index (κ2) is 11.4. The molecular formula is C45H27N3O2. The number of furan rings is 2. The normalized spacial score (nSPS) is 11.6. The second-order valence-corrected chi connectivity index (χ2v) is 12.4. The topological polar surface area (TPSA) is 65.0 Å². The van der Waals surface area contributed by atoms with Crippen molar-refractivity contribution < 1.29 is 8.83 Å². The smallest absolute Gasteiger partial charge is 0.164 e. The van der Waals surface area contributed by atoms with Crippen molar-refractivity contribution in [2.24, 2.45) is 0 Å². The molecule has 234 valence electrons. The highest BCUT2D eigenvalue weighted by Crippen LogP contribution is 2.38. The Labute approximate surface area is 287 Å². The van der Waals surface area contributed by atoms with Crippen molar-refractivity contribution >= 4 is 43.9 Å². The molecule has 0 atom stereocenters. The van der Waals surface area contributed by atoms with Crippen LogP contribution in [0.3, 0.4) is 0 Å². The van der Waals surface area contributed by atoms with Crippen molar-refractivity contribution in [1.82, 2.24) is 15.0 Å². The molecule has 0 spiro atoms. The largest absolute Gasteiger partial charge is 0.456 e. The van der Waals surface area contributed by atoms with Gasteiger partial charge in [-0.05, 0) is 64.7 Å². The summed E-state index contributed by atoms with van der Waals surface area (Å²) in [6, 6.07) is 55.8. The van der Waals surface area contributed by atoms with Gasteiger partial charge in [0.2, 0.25) is 0 Å². The van der Waals surface area contributed by atoms with Crippen molar-refractivity contribution in [2.75, 3.05) is 0 Å². The molecule has 0 N–H and O–H groups in total. The third-order valence-electron chi connectivity index (χ3n) is 9.33. The summed E-state index contributed by atoms with van der Waals surface area (Å²) < 4.78 is 12.4. The van der Waals surface area contributed by atoms with Gasteiger partial charge in [-0.25, -0.2) is 15.0 Å². The number of aromatic nitrogens is 3. The van der Waals surface area contributed by atoms with Gasteiger partial charge in [-0.1, -0.05) is 121 Å². The Morgan fingerprint density at radius 2 is 0.800 bits per heavy atom. The molecule has 5 nitrogen and oxygen atoms in total. The maximum Gasteiger partial charge on any atom is 0.164 e. The Morgan fingerprint density at radius 3 is 1.58 bits per heavy atom. The number of hydrogen-bond donors (Lipinski definition) is 0. The molecule has 3 heterocycles. The van der Waals surface area contributed by atoms with Gasteiger partial charge in [0.1, 0.15) is 22.3 Å². The Bertz CT molecular complexity index is 2890. The van der Waals surface area contributed by atoms with Crippen LogP contribution in [0.4, 0.5) is 0 Å². The molecule has 3 aromatic heterocycles. The fourth-order valence-electron chi connectivity index (χ4n) is 6.93. The van der Waals surface area contributed by atoms with E-state index in [4.69, 9.17) is 23.8 Å². The highest BCUT2D eigenvalue weighted by atomic mass is 16.3. The van der Waals surface area contributed by atoms with Gasteiger partial charge in [-0.15, -0.1) is 0 Å². The highest BCUT2D eigenvalue weighted by molar-refractivity contribution is 6.12. The first kappa shape index (κ1) is 28.2. The maximum absolute atomic E-state index is 6.21. The minimum absolute atomic E-state index is 0.587. The number of para-hydroxylation sites is 2. The summed E-state index contributed by atoms with van der Waals surface area (Å²) in [6.07, 6.45) is 0. The SMILES string of the molecule is c1ccc(-c2nc(-c3cccc(-c4cccc(-c5cccc6oc7ccccc7c56)c4)c3)nc(-c3ccc4c(c3)oc3ccccc34)n2)cc1. The van der Waals surface area contributed by atoms with Crippen LogP contribution in [0.5, 0.6) is 0 Å². The van der Waals surface area contributed by atoms with Crippen LogP contribution in [0.25, 0.3) is 100 Å². The quantitative estimate of drug-likeness (QED) is 0.187. The Morgan fingerprint density at radius 1 is 0.300 bits per heavy atom. The lowest BCUT2D eigenvalue weighted by atomic mass is 9.95. The van der Waals surface area contributed by atoms with Gasteiger partial charge in [0.25, 0.3) is 0 Å². The molecular weight excluding hydrogens is 615 g/mol. The zero-order chi connectivity index (χ0) is 33.0. The van der Waals surface area contributed by atoms with Crippen LogP contribution >= 0.6 is 0 Å². The van der Waals surface area contributed by atoms with E-state index in [1.165, 1.54) is 0 Å². The monoisotopic (exact) mass is 641 g/mol. The second-order valence-electron chi connectivity index (χ2n) is 12.4. The van der Waals surface area contributed by atoms with Gasteiger partial charge in [-0.3, -0.25) is 0 Å². The first-order chi connectivity index (χ1) is 24.7. The molecule has 0 aliphatic rings. The Hall–Kier alpha value is -6.85. The summed E-state index contributed by atoms with van der Waals surface area (Å²) in [7, 11) is 0. The van der Waals surface area contributed by atoms with E-state index in [-0.39, 0.29) is 0 Å². The van der Waals surface area contributed by atoms with E-state index in [1.54, 1.807) is 0 Å². The molecule has 0 radical (unpaired) electrons. The van der Waals surface area contributed by atoms with Crippen molar-refractivity contribution in [2.45, 2.75) is 0 Å². The van der Waals surface area contributed by atoms with Crippen molar-refractivity contribution in [3.8, 4) is 56.4 Å². The van der Waals surface area contributed by atoms with Crippen LogP contribution in [-0.4, -0.2) is 15.0 Å². The number of rotatable bonds is 5. The van der Waals surface area contributed by atoms with Gasteiger partial charge in [0, 0.05) is 38.2 Å². The molecule has 0 amide bonds.